The minimum absolute atomic E-state index is 0.157. The number of aliphatic hydroxyl groups is 1. The lowest BCUT2D eigenvalue weighted by Crippen LogP contribution is -2.19. The Balaban J connectivity index is 0. The first-order chi connectivity index (χ1) is 21.5. The molecule has 1 aromatic heterocycles. The number of methoxy groups -OCH3 is 2. The molecule has 6 N–H and O–H groups in total. The van der Waals surface area contributed by atoms with Gasteiger partial charge in [0.15, 0.2) is 5.82 Å². The molecule has 1 unspecified atom stereocenters. The van der Waals surface area contributed by atoms with Gasteiger partial charge in [-0.3, -0.25) is 9.79 Å². The van der Waals surface area contributed by atoms with Crippen LogP contribution in [0.1, 0.15) is 31.9 Å². The average molecular weight is 626 g/mol. The third-order valence-electron chi connectivity index (χ3n) is 5.19. The molecular weight excluding hydrogens is 577 g/mol. The number of allylic oxidation sites excluding steroid dienone is 3. The summed E-state index contributed by atoms with van der Waals surface area (Å²) < 4.78 is 23.7. The fourth-order valence-corrected chi connectivity index (χ4v) is 2.91. The molecule has 45 heavy (non-hydrogen) atoms. The van der Waals surface area contributed by atoms with E-state index in [9.17, 15) is 4.39 Å². The van der Waals surface area contributed by atoms with Crippen molar-refractivity contribution in [1.82, 2.24) is 10.3 Å². The third-order valence-corrected chi connectivity index (χ3v) is 5.19. The maximum atomic E-state index is 13.9. The number of hydrogen-bond donors (Lipinski definition) is 4. The summed E-state index contributed by atoms with van der Waals surface area (Å²) in [7, 11) is 4.81. The lowest BCUT2D eigenvalue weighted by atomic mass is 10.1. The predicted octanol–water partition coefficient (Wildman–Crippen LogP) is 4.27. The fourth-order valence-electron chi connectivity index (χ4n) is 2.91. The molecule has 2 aromatic rings. The van der Waals surface area contributed by atoms with Gasteiger partial charge >= 0.3 is 0 Å². The summed E-state index contributed by atoms with van der Waals surface area (Å²) in [4.78, 5) is 17.6. The third kappa shape index (κ3) is 22.2. The number of aromatic nitrogens is 1. The van der Waals surface area contributed by atoms with Gasteiger partial charge in [0.05, 0.1) is 19.0 Å². The molecule has 0 spiro atoms. The van der Waals surface area contributed by atoms with Gasteiger partial charge in [0.1, 0.15) is 17.7 Å². The Kier molecular flexibility index (Phi) is 26.1. The van der Waals surface area contributed by atoms with E-state index < -0.39 is 0 Å². The van der Waals surface area contributed by atoms with Crippen molar-refractivity contribution in [2.24, 2.45) is 21.6 Å². The number of aliphatic imine (C=N–C) groups is 1. The topological polar surface area (TPSA) is 161 Å². The van der Waals surface area contributed by atoms with Crippen LogP contribution in [0.15, 0.2) is 88.4 Å². The Hall–Kier alpha value is -4.99. The number of nitrogens with two attached hydrogens (primary N) is 2. The zero-order valence-corrected chi connectivity index (χ0v) is 27.1. The first-order valence-corrected chi connectivity index (χ1v) is 13.7. The number of halogens is 1. The van der Waals surface area contributed by atoms with Crippen LogP contribution in [-0.2, 0) is 27.2 Å². The van der Waals surface area contributed by atoms with E-state index in [0.29, 0.717) is 43.2 Å². The van der Waals surface area contributed by atoms with Crippen LogP contribution in [0.25, 0.3) is 0 Å². The van der Waals surface area contributed by atoms with Gasteiger partial charge < -0.3 is 31.4 Å². The molecule has 1 aromatic carbocycles. The van der Waals surface area contributed by atoms with Gasteiger partial charge in [0.25, 0.3) is 0 Å². The fraction of sp³-hybridized carbons (Fsp3) is 0.333. The minimum atomic E-state index is -0.276. The molecule has 0 bridgehead atoms. The lowest BCUT2D eigenvalue weighted by molar-refractivity contribution is -0.109. The smallest absolute Gasteiger partial charge is 0.206 e. The number of anilines is 1. The SMILES string of the molecule is C#CC(/C=C\C(C)=C/COC)OC.C/C(O)=C\N.C=NN(Cc1ccccc1F)c1ncccc1CCN=C(C)N.CNC=O. The molecule has 1 heterocycles. The highest BCUT2D eigenvalue weighted by Crippen LogP contribution is 2.21. The standard InChI is InChI=1S/C17H20FN5.C11H16O2.C3H7NO.C2H5NO/c1-13(19)21-11-9-14-7-5-10-22-17(14)23(20-2)12-15-6-3-4-8-16(15)18;1-5-11(13-4)7-6-10(2)8-9-12-3;1-3(5)2-4;1-3-2-4/h3-8,10H,2,9,11-12H2,1H3,(H2,19,21);1,6-8,11H,9H2,2-4H3;2,5H,4H2,1H3;2H,1H3,(H,3,4)/b;7-6-,10-8-;3-2+;. The molecule has 0 saturated heterocycles. The quantitative estimate of drug-likeness (QED) is 0.0488. The van der Waals surface area contributed by atoms with Gasteiger partial charge in [-0.15, -0.1) is 6.42 Å². The number of hydrazone groups is 1. The number of amides is 1. The summed E-state index contributed by atoms with van der Waals surface area (Å²) in [6.45, 7) is 10.3. The number of pyridine rings is 1. The number of hydrogen-bond acceptors (Lipinski definition) is 9. The number of rotatable bonds is 13. The molecule has 246 valence electrons. The van der Waals surface area contributed by atoms with Crippen LogP contribution in [0, 0.1) is 18.2 Å². The highest BCUT2D eigenvalue weighted by Gasteiger charge is 2.13. The van der Waals surface area contributed by atoms with Gasteiger partial charge in [0.2, 0.25) is 6.41 Å². The normalized spacial score (nSPS) is 11.7. The van der Waals surface area contributed by atoms with Crippen molar-refractivity contribution in [1.29, 1.82) is 0 Å². The van der Waals surface area contributed by atoms with Gasteiger partial charge in [-0.2, -0.15) is 5.10 Å². The largest absolute Gasteiger partial charge is 0.511 e. The highest BCUT2D eigenvalue weighted by molar-refractivity contribution is 5.77. The molecule has 2 rings (SSSR count). The Bertz CT molecular complexity index is 1270. The number of ether oxygens (including phenoxy) is 2. The van der Waals surface area contributed by atoms with Crippen LogP contribution in [0.2, 0.25) is 0 Å². The molecule has 1 atom stereocenters. The molecule has 1 amide bonds. The van der Waals surface area contributed by atoms with Crippen molar-refractivity contribution in [2.75, 3.05) is 39.4 Å². The van der Waals surface area contributed by atoms with E-state index >= 15 is 0 Å². The van der Waals surface area contributed by atoms with Crippen molar-refractivity contribution in [3.63, 3.8) is 0 Å². The van der Waals surface area contributed by atoms with Crippen molar-refractivity contribution < 1.29 is 23.8 Å². The molecule has 0 aliphatic carbocycles. The minimum Gasteiger partial charge on any atom is -0.511 e. The van der Waals surface area contributed by atoms with Gasteiger partial charge in [-0.25, -0.2) is 14.4 Å². The van der Waals surface area contributed by atoms with Crippen molar-refractivity contribution >= 4 is 24.8 Å². The Morgan fingerprint density at radius 3 is 2.36 bits per heavy atom. The summed E-state index contributed by atoms with van der Waals surface area (Å²) in [6.07, 6.45) is 14.8. The summed E-state index contributed by atoms with van der Waals surface area (Å²) >= 11 is 0. The molecule has 12 heteroatoms. The van der Waals surface area contributed by atoms with E-state index in [4.69, 9.17) is 37.3 Å². The van der Waals surface area contributed by atoms with Crippen molar-refractivity contribution in [3.05, 3.63) is 95.3 Å². The second kappa shape index (κ2) is 27.8. The van der Waals surface area contributed by atoms with E-state index in [1.807, 2.05) is 37.3 Å². The van der Waals surface area contributed by atoms with Crippen molar-refractivity contribution in [2.45, 2.75) is 39.8 Å². The lowest BCUT2D eigenvalue weighted by Gasteiger charge is -2.20. The molecule has 11 nitrogen and oxygen atoms in total. The number of amidine groups is 1. The van der Waals surface area contributed by atoms with Crippen molar-refractivity contribution in [3.8, 4) is 12.3 Å². The molecule has 0 fully saturated rings. The van der Waals surface area contributed by atoms with Crippen LogP contribution in [0.4, 0.5) is 10.2 Å². The van der Waals surface area contributed by atoms with Crippen LogP contribution in [0.5, 0.6) is 0 Å². The zero-order chi connectivity index (χ0) is 34.5. The predicted molar refractivity (Wildman–Crippen MR) is 182 cm³/mol. The van der Waals surface area contributed by atoms with Crippen LogP contribution >= 0.6 is 0 Å². The van der Waals surface area contributed by atoms with Crippen LogP contribution in [-0.4, -0.2) is 69.6 Å². The number of carbonyl (C=O) groups is 1. The number of benzene rings is 1. The Morgan fingerprint density at radius 2 is 1.87 bits per heavy atom. The van der Waals surface area contributed by atoms with Gasteiger partial charge in [-0.05, 0) is 51.0 Å². The first-order valence-electron chi connectivity index (χ1n) is 13.7. The number of nitrogens with one attached hydrogen (secondary N) is 1. The van der Waals surface area contributed by atoms with Gasteiger partial charge in [0, 0.05) is 52.5 Å². The van der Waals surface area contributed by atoms with Crippen LogP contribution < -0.4 is 21.8 Å². The number of aliphatic hydroxyl groups excluding tert-OH is 1. The summed E-state index contributed by atoms with van der Waals surface area (Å²) in [5.41, 5.74) is 12.9. The van der Waals surface area contributed by atoms with E-state index in [0.717, 1.165) is 17.3 Å². The summed E-state index contributed by atoms with van der Waals surface area (Å²) in [5, 5.41) is 15.9. The summed E-state index contributed by atoms with van der Waals surface area (Å²) in [6, 6.07) is 10.4. The average Bonchev–Trinajstić information content (AvgIpc) is 3.04. The maximum absolute atomic E-state index is 13.9. The molecule has 0 aliphatic heterocycles. The highest BCUT2D eigenvalue weighted by atomic mass is 19.1. The second-order valence-corrected chi connectivity index (χ2v) is 8.85. The molecule has 0 radical (unpaired) electrons. The zero-order valence-electron chi connectivity index (χ0n) is 27.1. The summed E-state index contributed by atoms with van der Waals surface area (Å²) in [5.74, 6) is 3.57. The van der Waals surface area contributed by atoms with E-state index in [1.54, 1.807) is 57.6 Å². The second-order valence-electron chi connectivity index (χ2n) is 8.85. The van der Waals surface area contributed by atoms with Crippen LogP contribution in [0.3, 0.4) is 0 Å². The van der Waals surface area contributed by atoms with E-state index in [2.05, 4.69) is 33.0 Å². The molecular formula is C33H48FN7O4. The number of terminal acetylenes is 1. The number of nitrogens with zero attached hydrogens (tertiary/aromatic N) is 4. The number of carbonyl (C=O) groups excluding carboxylic acids is 1. The van der Waals surface area contributed by atoms with Gasteiger partial charge in [-0.1, -0.05) is 47.9 Å². The Labute approximate surface area is 267 Å². The monoisotopic (exact) mass is 625 g/mol. The molecule has 0 aliphatic rings. The Morgan fingerprint density at radius 1 is 1.24 bits per heavy atom. The first kappa shape index (κ1) is 42.1. The maximum Gasteiger partial charge on any atom is 0.206 e. The van der Waals surface area contributed by atoms with E-state index in [1.165, 1.54) is 13.0 Å². The molecule has 0 saturated carbocycles. The van der Waals surface area contributed by atoms with E-state index in [-0.39, 0.29) is 24.2 Å².